The first-order valence-corrected chi connectivity index (χ1v) is 8.51. The Hall–Kier alpha value is -2.60. The van der Waals surface area contributed by atoms with Crippen molar-refractivity contribution in [3.8, 4) is 0 Å². The van der Waals surface area contributed by atoms with Crippen molar-refractivity contribution in [1.82, 2.24) is 4.98 Å². The lowest BCUT2D eigenvalue weighted by Crippen LogP contribution is -2.25. The van der Waals surface area contributed by atoms with Crippen LogP contribution in [-0.4, -0.2) is 35.4 Å². The van der Waals surface area contributed by atoms with E-state index in [4.69, 9.17) is 21.1 Å². The number of aromatic amines is 1. The number of esters is 2. The highest BCUT2D eigenvalue weighted by atomic mass is 35.5. The van der Waals surface area contributed by atoms with Crippen molar-refractivity contribution in [2.24, 2.45) is 0 Å². The van der Waals surface area contributed by atoms with Crippen LogP contribution in [0, 0.1) is 13.8 Å². The molecule has 0 amide bonds. The van der Waals surface area contributed by atoms with E-state index in [1.54, 1.807) is 39.0 Å². The van der Waals surface area contributed by atoms with Gasteiger partial charge in [-0.15, -0.1) is 0 Å². The number of aryl methyl sites for hydroxylation is 1. The van der Waals surface area contributed by atoms with Crippen LogP contribution in [0.5, 0.6) is 0 Å². The van der Waals surface area contributed by atoms with E-state index in [-0.39, 0.29) is 22.9 Å². The topological polar surface area (TPSA) is 85.5 Å². The van der Waals surface area contributed by atoms with E-state index in [2.05, 4.69) is 4.98 Å². The molecular formula is C19H20ClNO5. The number of H-pyrrole nitrogens is 1. The smallest absolute Gasteiger partial charge is 0.340 e. The number of carbonyl (C=O) groups is 3. The molecule has 1 aromatic carbocycles. The summed E-state index contributed by atoms with van der Waals surface area (Å²) in [5.41, 5.74) is 1.70. The lowest BCUT2D eigenvalue weighted by Gasteiger charge is -2.13. The molecule has 1 atom stereocenters. The number of Topliss-reactive ketones (excluding diaryl/α,β-unsaturated/α-hetero) is 1. The molecule has 0 bridgehead atoms. The van der Waals surface area contributed by atoms with Gasteiger partial charge < -0.3 is 14.5 Å². The summed E-state index contributed by atoms with van der Waals surface area (Å²) >= 11 is 5.97. The van der Waals surface area contributed by atoms with Crippen molar-refractivity contribution < 1.29 is 23.9 Å². The van der Waals surface area contributed by atoms with E-state index in [1.807, 2.05) is 0 Å². The molecular weight excluding hydrogens is 358 g/mol. The standard InChI is InChI=1S/C19H20ClNO5/c1-5-25-19(24)15-10(2)16(21-11(15)3)17(22)12(4)26-18(23)13-8-6-7-9-14(13)20/h6-9,12,21H,5H2,1-4H3/t12-/m1/s1. The zero-order valence-corrected chi connectivity index (χ0v) is 15.8. The molecule has 1 aromatic heterocycles. The molecule has 0 saturated heterocycles. The third-order valence-corrected chi connectivity index (χ3v) is 4.24. The van der Waals surface area contributed by atoms with Crippen LogP contribution in [0.2, 0.25) is 5.02 Å². The average molecular weight is 378 g/mol. The second kappa shape index (κ2) is 8.19. The molecule has 1 N–H and O–H groups in total. The molecule has 0 aliphatic carbocycles. The van der Waals surface area contributed by atoms with Crippen molar-refractivity contribution in [1.29, 1.82) is 0 Å². The fourth-order valence-electron chi connectivity index (χ4n) is 2.61. The Morgan fingerprint density at radius 2 is 1.81 bits per heavy atom. The third kappa shape index (κ3) is 3.96. The normalized spacial score (nSPS) is 11.7. The summed E-state index contributed by atoms with van der Waals surface area (Å²) in [7, 11) is 0. The van der Waals surface area contributed by atoms with Crippen LogP contribution < -0.4 is 0 Å². The van der Waals surface area contributed by atoms with Gasteiger partial charge >= 0.3 is 11.9 Å². The Labute approximate surface area is 156 Å². The summed E-state index contributed by atoms with van der Waals surface area (Å²) in [6.45, 7) is 6.73. The first-order chi connectivity index (χ1) is 12.3. The second-order valence-corrected chi connectivity index (χ2v) is 6.14. The fourth-order valence-corrected chi connectivity index (χ4v) is 2.83. The van der Waals surface area contributed by atoms with Crippen molar-refractivity contribution in [2.45, 2.75) is 33.8 Å². The van der Waals surface area contributed by atoms with Crippen LogP contribution in [0.15, 0.2) is 24.3 Å². The van der Waals surface area contributed by atoms with E-state index in [1.165, 1.54) is 13.0 Å². The number of carbonyl (C=O) groups excluding carboxylic acids is 3. The van der Waals surface area contributed by atoms with Gasteiger partial charge in [0.25, 0.3) is 0 Å². The summed E-state index contributed by atoms with van der Waals surface area (Å²) in [5.74, 6) is -1.64. The van der Waals surface area contributed by atoms with E-state index >= 15 is 0 Å². The lowest BCUT2D eigenvalue weighted by atomic mass is 10.1. The van der Waals surface area contributed by atoms with Crippen molar-refractivity contribution >= 4 is 29.3 Å². The molecule has 1 heterocycles. The maximum atomic E-state index is 12.7. The number of aromatic nitrogens is 1. The Morgan fingerprint density at radius 1 is 1.15 bits per heavy atom. The van der Waals surface area contributed by atoms with Gasteiger partial charge in [0.1, 0.15) is 0 Å². The van der Waals surface area contributed by atoms with Gasteiger partial charge in [-0.2, -0.15) is 0 Å². The van der Waals surface area contributed by atoms with Crippen LogP contribution in [0.4, 0.5) is 0 Å². The number of hydrogen-bond donors (Lipinski definition) is 1. The highest BCUT2D eigenvalue weighted by Crippen LogP contribution is 2.22. The van der Waals surface area contributed by atoms with E-state index < -0.39 is 23.8 Å². The summed E-state index contributed by atoms with van der Waals surface area (Å²) in [5, 5.41) is 0.244. The minimum atomic E-state index is -1.05. The summed E-state index contributed by atoms with van der Waals surface area (Å²) < 4.78 is 10.2. The summed E-state index contributed by atoms with van der Waals surface area (Å²) in [6, 6.07) is 6.42. The van der Waals surface area contributed by atoms with Crippen LogP contribution in [-0.2, 0) is 9.47 Å². The van der Waals surface area contributed by atoms with E-state index in [9.17, 15) is 14.4 Å². The van der Waals surface area contributed by atoms with Gasteiger partial charge in [0.2, 0.25) is 5.78 Å². The molecule has 0 fully saturated rings. The van der Waals surface area contributed by atoms with Crippen LogP contribution in [0.1, 0.15) is 56.3 Å². The maximum absolute atomic E-state index is 12.7. The average Bonchev–Trinajstić information content (AvgIpc) is 2.89. The molecule has 138 valence electrons. The number of rotatable bonds is 6. The largest absolute Gasteiger partial charge is 0.462 e. The van der Waals surface area contributed by atoms with Gasteiger partial charge in [-0.05, 0) is 45.4 Å². The molecule has 7 heteroatoms. The number of ketones is 1. The lowest BCUT2D eigenvalue weighted by molar-refractivity contribution is 0.0317. The van der Waals surface area contributed by atoms with E-state index in [0.717, 1.165) is 0 Å². The summed E-state index contributed by atoms with van der Waals surface area (Å²) in [4.78, 5) is 39.8. The number of nitrogens with one attached hydrogen (secondary N) is 1. The molecule has 0 aliphatic heterocycles. The SMILES string of the molecule is CCOC(=O)c1c(C)[nH]c(C(=O)[C@@H](C)OC(=O)c2ccccc2Cl)c1C. The fraction of sp³-hybridized carbons (Fsp3) is 0.316. The first-order valence-electron chi connectivity index (χ1n) is 8.13. The van der Waals surface area contributed by atoms with Gasteiger partial charge in [0, 0.05) is 5.69 Å². The molecule has 0 unspecified atom stereocenters. The molecule has 0 aliphatic rings. The van der Waals surface area contributed by atoms with Gasteiger partial charge in [-0.1, -0.05) is 23.7 Å². The predicted octanol–water partition coefficient (Wildman–Crippen LogP) is 3.89. The van der Waals surface area contributed by atoms with E-state index in [0.29, 0.717) is 16.8 Å². The third-order valence-electron chi connectivity index (χ3n) is 3.91. The minimum Gasteiger partial charge on any atom is -0.462 e. The second-order valence-electron chi connectivity index (χ2n) is 5.74. The Kier molecular flexibility index (Phi) is 6.21. The highest BCUT2D eigenvalue weighted by Gasteiger charge is 2.28. The van der Waals surface area contributed by atoms with Gasteiger partial charge in [0.15, 0.2) is 6.10 Å². The Bertz CT molecular complexity index is 856. The molecule has 2 aromatic rings. The Morgan fingerprint density at radius 3 is 2.42 bits per heavy atom. The van der Waals surface area contributed by atoms with Crippen molar-refractivity contribution in [2.75, 3.05) is 6.61 Å². The van der Waals surface area contributed by atoms with Crippen LogP contribution >= 0.6 is 11.6 Å². The zero-order chi connectivity index (χ0) is 19.4. The quantitative estimate of drug-likeness (QED) is 0.609. The molecule has 26 heavy (non-hydrogen) atoms. The highest BCUT2D eigenvalue weighted by molar-refractivity contribution is 6.33. The number of hydrogen-bond acceptors (Lipinski definition) is 5. The number of halogens is 1. The molecule has 6 nitrogen and oxygen atoms in total. The van der Waals surface area contributed by atoms with Crippen molar-refractivity contribution in [3.63, 3.8) is 0 Å². The van der Waals surface area contributed by atoms with Crippen LogP contribution in [0.25, 0.3) is 0 Å². The van der Waals surface area contributed by atoms with Gasteiger partial charge in [-0.25, -0.2) is 9.59 Å². The monoisotopic (exact) mass is 377 g/mol. The van der Waals surface area contributed by atoms with Crippen molar-refractivity contribution in [3.05, 3.63) is 57.4 Å². The zero-order valence-electron chi connectivity index (χ0n) is 15.0. The van der Waals surface area contributed by atoms with Crippen LogP contribution in [0.3, 0.4) is 0 Å². The molecule has 0 spiro atoms. The Balaban J connectivity index is 2.21. The van der Waals surface area contributed by atoms with Gasteiger partial charge in [-0.3, -0.25) is 4.79 Å². The molecule has 0 saturated carbocycles. The number of ether oxygens (including phenoxy) is 2. The molecule has 2 rings (SSSR count). The first kappa shape index (κ1) is 19.7. The maximum Gasteiger partial charge on any atom is 0.340 e. The predicted molar refractivity (Wildman–Crippen MR) is 96.9 cm³/mol. The number of benzene rings is 1. The minimum absolute atomic E-state index is 0.181. The summed E-state index contributed by atoms with van der Waals surface area (Å²) in [6.07, 6.45) is -1.05. The molecule has 0 radical (unpaired) electrons. The van der Waals surface area contributed by atoms with Gasteiger partial charge in [0.05, 0.1) is 28.5 Å².